The second kappa shape index (κ2) is 44.2. The fourth-order valence-electron chi connectivity index (χ4n) is 9.99. The summed E-state index contributed by atoms with van der Waals surface area (Å²) in [4.78, 5) is 229. The lowest BCUT2D eigenvalue weighted by Gasteiger charge is -2.31. The molecule has 2 saturated heterocycles. The number of hydrogen-bond acceptors (Lipinski definition) is 22. The van der Waals surface area contributed by atoms with Gasteiger partial charge in [0, 0.05) is 63.2 Å². The molecule has 0 aliphatic carbocycles. The Morgan fingerprint density at radius 2 is 1.33 bits per heavy atom. The summed E-state index contributed by atoms with van der Waals surface area (Å²) in [5.74, 6) is -18.0. The molecular formula is C61H95N17O19S3. The normalized spacial score (nSPS) is 22.4. The Balaban J connectivity index is 2.14. The number of aliphatic carboxylic acids is 1. The maximum absolute atomic E-state index is 14.8. The van der Waals surface area contributed by atoms with Gasteiger partial charge in [0.1, 0.15) is 66.2 Å². The van der Waals surface area contributed by atoms with Gasteiger partial charge in [-0.1, -0.05) is 46.2 Å². The molecule has 11 atom stereocenters. The molecule has 556 valence electrons. The Hall–Kier alpha value is -8.98. The number of carbonyl (C=O) groups is 17. The summed E-state index contributed by atoms with van der Waals surface area (Å²) in [5.41, 5.74) is 22.2. The van der Waals surface area contributed by atoms with Gasteiger partial charge in [0.25, 0.3) is 0 Å². The highest BCUT2D eigenvalue weighted by Gasteiger charge is 2.41. The van der Waals surface area contributed by atoms with Crippen LogP contribution in [0.4, 0.5) is 0 Å². The van der Waals surface area contributed by atoms with Crippen molar-refractivity contribution in [3.8, 4) is 5.75 Å². The minimum Gasteiger partial charge on any atom is -0.508 e. The van der Waals surface area contributed by atoms with Crippen molar-refractivity contribution in [2.75, 3.05) is 67.2 Å². The predicted octanol–water partition coefficient (Wildman–Crippen LogP) is -6.59. The maximum Gasteiger partial charge on any atom is 0.321 e. The Morgan fingerprint density at radius 3 is 1.96 bits per heavy atom. The molecule has 2 aliphatic rings. The average Bonchev–Trinajstić information content (AvgIpc) is 1.58. The van der Waals surface area contributed by atoms with E-state index in [4.69, 9.17) is 28.0 Å². The van der Waals surface area contributed by atoms with E-state index in [1.54, 1.807) is 27.7 Å². The van der Waals surface area contributed by atoms with Gasteiger partial charge in [-0.3, -0.25) is 81.5 Å². The van der Waals surface area contributed by atoms with Crippen LogP contribution in [0.25, 0.3) is 0 Å². The molecule has 2 fully saturated rings. The Morgan fingerprint density at radius 1 is 0.700 bits per heavy atom. The first-order valence-electron chi connectivity index (χ1n) is 32.3. The number of carbonyl (C=O) groups excluding carboxylic acids is 16. The monoisotopic (exact) mass is 1470 g/mol. The average molecular weight is 1470 g/mol. The van der Waals surface area contributed by atoms with Crippen LogP contribution in [0.15, 0.2) is 24.3 Å². The van der Waals surface area contributed by atoms with Crippen molar-refractivity contribution in [3.63, 3.8) is 0 Å². The van der Waals surface area contributed by atoms with E-state index in [-0.39, 0.29) is 100 Å². The molecule has 0 spiro atoms. The Bertz CT molecular complexity index is 3080. The fourth-order valence-corrected chi connectivity index (χ4v) is 12.5. The van der Waals surface area contributed by atoms with Crippen molar-refractivity contribution >= 4 is 136 Å². The quantitative estimate of drug-likeness (QED) is 0.0364. The molecular weight excluding hydrogens is 1370 g/mol. The molecule has 39 heteroatoms. The number of phenolic OH excluding ortho intramolecular Hbond substituents is 1. The standard InChI is InChI=1S/C61H95N17O19S3/c1-6-32(4)51-59(94)72-38(15-16-45(63)81)54(89)74-41(23-46(64)82)55(90)76-43(60(95)78-20-8-10-44(78)58(93)75-39(21-31(2)3)53(88)69-24-47(65)83)27-100-29-48(84)66-17-7-9-37(52(87)68-19-18-67-49(85)28-98-25-36(62)61(96)97)71-50(86)30-99-26-42(70-33(5)79)57(92)73-40(56(91)77-51)22-34-11-13-35(80)14-12-34/h11-14,31-32,36-44,51,80H,6-10,15-30,62H2,1-5H3,(H2,63,81)(H2,64,82)(H2,65,83)(H,66,84)(H,67,85)(H,68,87)(H,69,88)(H,70,79)(H,71,86)(H,72,94)(H,73,92)(H,74,89)(H,75,93)(H,76,90)(H,77,91)(H,96,97)/t32-,36-,37+,38-,39-,40-,41-,42-,43-,44-,51-/m0/s1. The maximum atomic E-state index is 14.8. The zero-order valence-electron chi connectivity index (χ0n) is 56.4. The molecule has 2 heterocycles. The number of nitrogens with two attached hydrogens (primary N) is 4. The smallest absolute Gasteiger partial charge is 0.321 e. The molecule has 100 heavy (non-hydrogen) atoms. The van der Waals surface area contributed by atoms with Gasteiger partial charge in [-0.25, -0.2) is 0 Å². The van der Waals surface area contributed by atoms with Crippen molar-refractivity contribution < 1.29 is 91.7 Å². The molecule has 0 unspecified atom stereocenters. The lowest BCUT2D eigenvalue weighted by Crippen LogP contribution is -2.61. The first kappa shape index (κ1) is 85.2. The van der Waals surface area contributed by atoms with Crippen molar-refractivity contribution in [1.29, 1.82) is 0 Å². The third-order valence-corrected chi connectivity index (χ3v) is 18.5. The highest BCUT2D eigenvalue weighted by atomic mass is 32.2. The minimum absolute atomic E-state index is 0.0383. The van der Waals surface area contributed by atoms with Crippen LogP contribution in [0.3, 0.4) is 0 Å². The van der Waals surface area contributed by atoms with Crippen molar-refractivity contribution in [2.24, 2.45) is 34.8 Å². The van der Waals surface area contributed by atoms with E-state index in [0.717, 1.165) is 47.1 Å². The van der Waals surface area contributed by atoms with Crippen LogP contribution in [0.1, 0.15) is 98.0 Å². The number of phenols is 1. The fraction of sp³-hybridized carbons (Fsp3) is 0.623. The highest BCUT2D eigenvalue weighted by molar-refractivity contribution is 8.00. The number of nitrogens with zero attached hydrogens (tertiary/aromatic N) is 1. The number of amides is 16. The van der Waals surface area contributed by atoms with Crippen molar-refractivity contribution in [3.05, 3.63) is 29.8 Å². The van der Waals surface area contributed by atoms with Gasteiger partial charge >= 0.3 is 5.97 Å². The molecule has 3 rings (SSSR count). The van der Waals surface area contributed by atoms with Crippen LogP contribution < -0.4 is 86.7 Å². The molecule has 0 radical (unpaired) electrons. The summed E-state index contributed by atoms with van der Waals surface area (Å²) < 4.78 is 0. The number of rotatable bonds is 27. The molecule has 0 bridgehead atoms. The topological polar surface area (TPSA) is 582 Å². The molecule has 2 aliphatic heterocycles. The van der Waals surface area contributed by atoms with E-state index in [2.05, 4.69) is 63.8 Å². The molecule has 1 aromatic rings. The van der Waals surface area contributed by atoms with E-state index >= 15 is 0 Å². The Kier molecular flexibility index (Phi) is 37.7. The highest BCUT2D eigenvalue weighted by Crippen LogP contribution is 2.22. The van der Waals surface area contributed by atoms with Gasteiger partial charge in [-0.15, -0.1) is 35.3 Å². The number of thioether (sulfide) groups is 3. The number of aromatic hydroxyl groups is 1. The van der Waals surface area contributed by atoms with E-state index in [1.165, 1.54) is 24.3 Å². The second-order valence-corrected chi connectivity index (χ2v) is 27.3. The summed E-state index contributed by atoms with van der Waals surface area (Å²) in [7, 11) is 0. The third kappa shape index (κ3) is 31.9. The number of carboxylic acid groups (broad SMARTS) is 1. The summed E-state index contributed by atoms with van der Waals surface area (Å²) in [5, 5.41) is 49.7. The number of benzene rings is 1. The van der Waals surface area contributed by atoms with Gasteiger partial charge in [0.2, 0.25) is 94.5 Å². The van der Waals surface area contributed by atoms with Crippen molar-refractivity contribution in [1.82, 2.24) is 68.7 Å². The SMILES string of the molecule is CC[C@H](C)[C@@H]1NC(=O)[C@H](Cc2ccc(O)cc2)NC(=O)[C@@H](NC(C)=O)CSCC(=O)N[C@@H](C(=O)NCCNC(=O)CSC[C@H](N)C(=O)O)CCCNC(=O)CSC[C@@H](C(=O)N2CCC[C@H]2C(=O)N[C@@H](CC(C)C)C(=O)NCC(N)=O)NC(=O)[C@H](CC(N)=O)NC(=O)[C@H](CCC(N)=O)NC1=O. The van der Waals surface area contributed by atoms with Gasteiger partial charge < -0.3 is 102 Å². The second-order valence-electron chi connectivity index (χ2n) is 24.2. The number of carboxylic acids is 1. The molecule has 22 N–H and O–H groups in total. The van der Waals surface area contributed by atoms with E-state index in [9.17, 15) is 86.6 Å². The molecule has 0 aromatic heterocycles. The van der Waals surface area contributed by atoms with Crippen LogP contribution in [0.2, 0.25) is 0 Å². The van der Waals surface area contributed by atoms with E-state index in [0.29, 0.717) is 5.56 Å². The first-order chi connectivity index (χ1) is 47.2. The van der Waals surface area contributed by atoms with Crippen LogP contribution in [0.5, 0.6) is 5.75 Å². The summed E-state index contributed by atoms with van der Waals surface area (Å²) in [6, 6.07) is -9.26. The largest absolute Gasteiger partial charge is 0.508 e. The number of hydrogen-bond donors (Lipinski definition) is 18. The zero-order chi connectivity index (χ0) is 74.8. The van der Waals surface area contributed by atoms with Crippen LogP contribution in [-0.4, -0.2) is 243 Å². The van der Waals surface area contributed by atoms with Crippen LogP contribution >= 0.6 is 35.3 Å². The number of likely N-dealkylation sites (tertiary alicyclic amines) is 1. The molecule has 16 amide bonds. The van der Waals surface area contributed by atoms with E-state index in [1.807, 2.05) is 0 Å². The zero-order valence-corrected chi connectivity index (χ0v) is 58.9. The van der Waals surface area contributed by atoms with Crippen molar-refractivity contribution in [2.45, 2.75) is 159 Å². The molecule has 36 nitrogen and oxygen atoms in total. The first-order valence-corrected chi connectivity index (χ1v) is 35.8. The molecule has 0 saturated carbocycles. The summed E-state index contributed by atoms with van der Waals surface area (Å²) in [6.45, 7) is 6.96. The number of nitrogens with one attached hydrogen (secondary N) is 12. The number of primary amides is 3. The lowest BCUT2D eigenvalue weighted by atomic mass is 9.96. The third-order valence-electron chi connectivity index (χ3n) is 15.4. The minimum atomic E-state index is -1.94. The summed E-state index contributed by atoms with van der Waals surface area (Å²) >= 11 is 2.64. The van der Waals surface area contributed by atoms with Crippen LogP contribution in [0, 0.1) is 11.8 Å². The summed E-state index contributed by atoms with van der Waals surface area (Å²) in [6.07, 6.45) is -1.76. The van der Waals surface area contributed by atoms with Gasteiger partial charge in [-0.2, -0.15) is 0 Å². The Labute approximate surface area is 590 Å². The predicted molar refractivity (Wildman–Crippen MR) is 367 cm³/mol. The van der Waals surface area contributed by atoms with Gasteiger partial charge in [0.15, 0.2) is 0 Å². The van der Waals surface area contributed by atoms with Gasteiger partial charge in [0.05, 0.1) is 30.2 Å². The van der Waals surface area contributed by atoms with E-state index < -0.39 is 210 Å². The van der Waals surface area contributed by atoms with Gasteiger partial charge in [-0.05, 0) is 68.1 Å². The van der Waals surface area contributed by atoms with Crippen LogP contribution in [-0.2, 0) is 87.9 Å². The molecule has 1 aromatic carbocycles. The lowest BCUT2D eigenvalue weighted by molar-refractivity contribution is -0.142.